The van der Waals surface area contributed by atoms with E-state index >= 15 is 0 Å². The molecular formula is C32H35N3O5. The molecule has 6 atom stereocenters. The van der Waals surface area contributed by atoms with Crippen molar-refractivity contribution in [2.75, 3.05) is 18.5 Å². The van der Waals surface area contributed by atoms with Crippen LogP contribution in [0.4, 0.5) is 5.69 Å². The molecule has 3 aliphatic rings. The molecule has 0 aromatic heterocycles. The number of ether oxygens (including phenoxy) is 1. The van der Waals surface area contributed by atoms with E-state index in [2.05, 4.69) is 10.6 Å². The first kappa shape index (κ1) is 26.5. The molecule has 3 N–H and O–H groups in total. The summed E-state index contributed by atoms with van der Waals surface area (Å²) in [5.74, 6) is -2.31. The Morgan fingerprint density at radius 3 is 2.55 bits per heavy atom. The molecule has 8 heteroatoms. The molecule has 208 valence electrons. The van der Waals surface area contributed by atoms with Crippen LogP contribution in [0, 0.1) is 11.8 Å². The SMILES string of the molecule is CCCNC(=O)[C@@H]1[C@H]2C(=O)N([C@@H](CO)Cc3ccccc3)C(C(=O)Nc3ccc4ccccc4c3)C23CC[C@H]1O3. The van der Waals surface area contributed by atoms with Gasteiger partial charge in [0.05, 0.1) is 30.6 Å². The third kappa shape index (κ3) is 4.35. The average molecular weight is 542 g/mol. The molecule has 3 saturated heterocycles. The van der Waals surface area contributed by atoms with E-state index < -0.39 is 35.6 Å². The summed E-state index contributed by atoms with van der Waals surface area (Å²) < 4.78 is 6.52. The Bertz CT molecular complexity index is 1430. The lowest BCUT2D eigenvalue weighted by Gasteiger charge is -2.36. The lowest BCUT2D eigenvalue weighted by atomic mass is 9.70. The highest BCUT2D eigenvalue weighted by atomic mass is 16.5. The summed E-state index contributed by atoms with van der Waals surface area (Å²) >= 11 is 0. The highest BCUT2D eigenvalue weighted by Crippen LogP contribution is 2.59. The van der Waals surface area contributed by atoms with Crippen LogP contribution in [-0.2, 0) is 25.5 Å². The molecule has 0 saturated carbocycles. The van der Waals surface area contributed by atoms with Crippen molar-refractivity contribution >= 4 is 34.2 Å². The van der Waals surface area contributed by atoms with Crippen molar-refractivity contribution in [3.8, 4) is 0 Å². The van der Waals surface area contributed by atoms with Crippen molar-refractivity contribution in [1.82, 2.24) is 10.2 Å². The fourth-order valence-corrected chi connectivity index (χ4v) is 7.06. The lowest BCUT2D eigenvalue weighted by Crippen LogP contribution is -2.56. The number of amides is 3. The van der Waals surface area contributed by atoms with E-state index in [-0.39, 0.29) is 24.3 Å². The molecule has 3 aliphatic heterocycles. The maximum absolute atomic E-state index is 14.3. The number of rotatable bonds is 9. The van der Waals surface area contributed by atoms with Gasteiger partial charge in [-0.3, -0.25) is 14.4 Å². The molecule has 3 amide bonds. The maximum Gasteiger partial charge on any atom is 0.250 e. The zero-order valence-corrected chi connectivity index (χ0v) is 22.6. The molecule has 3 aromatic carbocycles. The summed E-state index contributed by atoms with van der Waals surface area (Å²) in [4.78, 5) is 43.3. The van der Waals surface area contributed by atoms with Gasteiger partial charge in [0.2, 0.25) is 17.7 Å². The number of fused-ring (bicyclic) bond motifs is 2. The van der Waals surface area contributed by atoms with Crippen LogP contribution in [0.2, 0.25) is 0 Å². The van der Waals surface area contributed by atoms with E-state index in [4.69, 9.17) is 4.74 Å². The molecule has 0 radical (unpaired) electrons. The highest BCUT2D eigenvalue weighted by molar-refractivity contribution is 6.04. The minimum absolute atomic E-state index is 0.203. The molecule has 0 aliphatic carbocycles. The summed E-state index contributed by atoms with van der Waals surface area (Å²) in [6.07, 6.45) is 1.85. The number of benzene rings is 3. The van der Waals surface area contributed by atoms with Gasteiger partial charge in [-0.25, -0.2) is 0 Å². The van der Waals surface area contributed by atoms with E-state index in [1.54, 1.807) is 0 Å². The minimum Gasteiger partial charge on any atom is -0.394 e. The predicted molar refractivity (Wildman–Crippen MR) is 151 cm³/mol. The molecule has 3 aromatic rings. The van der Waals surface area contributed by atoms with E-state index in [9.17, 15) is 19.5 Å². The number of carbonyl (C=O) groups excluding carboxylic acids is 3. The van der Waals surface area contributed by atoms with Crippen LogP contribution in [0.5, 0.6) is 0 Å². The minimum atomic E-state index is -1.12. The van der Waals surface area contributed by atoms with Crippen molar-refractivity contribution in [3.63, 3.8) is 0 Å². The summed E-state index contributed by atoms with van der Waals surface area (Å²) in [6, 6.07) is 21.6. The quantitative estimate of drug-likeness (QED) is 0.385. The average Bonchev–Trinajstić information content (AvgIpc) is 3.62. The van der Waals surface area contributed by atoms with Crippen molar-refractivity contribution in [1.29, 1.82) is 0 Å². The normalized spacial score (nSPS) is 27.6. The first-order valence-corrected chi connectivity index (χ1v) is 14.2. The van der Waals surface area contributed by atoms with Gasteiger partial charge in [-0.15, -0.1) is 0 Å². The third-order valence-electron chi connectivity index (χ3n) is 8.77. The zero-order chi connectivity index (χ0) is 27.9. The van der Waals surface area contributed by atoms with Gasteiger partial charge < -0.3 is 25.4 Å². The third-order valence-corrected chi connectivity index (χ3v) is 8.77. The van der Waals surface area contributed by atoms with Crippen LogP contribution in [0.3, 0.4) is 0 Å². The Balaban J connectivity index is 1.37. The van der Waals surface area contributed by atoms with Crippen LogP contribution < -0.4 is 10.6 Å². The van der Waals surface area contributed by atoms with Gasteiger partial charge in [0.1, 0.15) is 11.6 Å². The van der Waals surface area contributed by atoms with Crippen molar-refractivity contribution < 1.29 is 24.2 Å². The monoisotopic (exact) mass is 541 g/mol. The van der Waals surface area contributed by atoms with E-state index in [0.717, 1.165) is 22.8 Å². The van der Waals surface area contributed by atoms with Gasteiger partial charge in [0.15, 0.2) is 0 Å². The fourth-order valence-electron chi connectivity index (χ4n) is 7.06. The molecule has 40 heavy (non-hydrogen) atoms. The standard InChI is InChI=1S/C32H35N3O5/c1-2-16-33-29(37)26-25-14-15-32(40-25)27(26)31(39)35(24(19-36)17-20-8-4-3-5-9-20)28(32)30(38)34-23-13-12-21-10-6-7-11-22(21)18-23/h3-13,18,24-28,36H,2,14-17,19H2,1H3,(H,33,37)(H,34,38)/t24-,25-,26+,27+,28?,32?/m1/s1. The van der Waals surface area contributed by atoms with E-state index in [1.165, 1.54) is 4.90 Å². The second-order valence-electron chi connectivity index (χ2n) is 11.2. The molecule has 3 fully saturated rings. The summed E-state index contributed by atoms with van der Waals surface area (Å²) in [7, 11) is 0. The molecule has 8 nitrogen and oxygen atoms in total. The number of hydrogen-bond donors (Lipinski definition) is 3. The summed E-state index contributed by atoms with van der Waals surface area (Å²) in [6.45, 7) is 2.17. The van der Waals surface area contributed by atoms with Crippen LogP contribution in [0.15, 0.2) is 72.8 Å². The first-order valence-electron chi connectivity index (χ1n) is 14.2. The lowest BCUT2D eigenvalue weighted by molar-refractivity contribution is -0.144. The Hall–Kier alpha value is -3.75. The van der Waals surface area contributed by atoms with Crippen LogP contribution in [-0.4, -0.2) is 64.7 Å². The predicted octanol–water partition coefficient (Wildman–Crippen LogP) is 3.28. The molecule has 2 unspecified atom stereocenters. The molecule has 3 heterocycles. The van der Waals surface area contributed by atoms with Gasteiger partial charge in [-0.1, -0.05) is 67.6 Å². The number of likely N-dealkylation sites (tertiary alicyclic amines) is 1. The molecule has 6 rings (SSSR count). The Morgan fingerprint density at radius 1 is 1.05 bits per heavy atom. The Morgan fingerprint density at radius 2 is 1.80 bits per heavy atom. The van der Waals surface area contributed by atoms with Crippen molar-refractivity contribution in [2.45, 2.75) is 56.4 Å². The maximum atomic E-state index is 14.3. The second kappa shape index (κ2) is 10.7. The summed E-state index contributed by atoms with van der Waals surface area (Å²) in [5.41, 5.74) is 0.436. The number of nitrogens with one attached hydrogen (secondary N) is 2. The number of carbonyl (C=O) groups is 3. The first-order chi connectivity index (χ1) is 19.5. The highest BCUT2D eigenvalue weighted by Gasteiger charge is 2.75. The molecule has 1 spiro atoms. The van der Waals surface area contributed by atoms with Crippen LogP contribution in [0.25, 0.3) is 10.8 Å². The Kier molecular flexibility index (Phi) is 7.06. The van der Waals surface area contributed by atoms with E-state index in [0.29, 0.717) is 31.5 Å². The van der Waals surface area contributed by atoms with Gasteiger partial charge >= 0.3 is 0 Å². The largest absolute Gasteiger partial charge is 0.394 e. The van der Waals surface area contributed by atoms with Gasteiger partial charge in [-0.05, 0) is 54.2 Å². The topological polar surface area (TPSA) is 108 Å². The number of aliphatic hydroxyl groups is 1. The van der Waals surface area contributed by atoms with Crippen molar-refractivity contribution in [3.05, 3.63) is 78.4 Å². The number of anilines is 1. The van der Waals surface area contributed by atoms with Gasteiger partial charge in [0.25, 0.3) is 0 Å². The molecular weight excluding hydrogens is 506 g/mol. The Labute approximate surface area is 233 Å². The van der Waals surface area contributed by atoms with Crippen LogP contribution >= 0.6 is 0 Å². The van der Waals surface area contributed by atoms with Gasteiger partial charge in [0, 0.05) is 12.2 Å². The number of nitrogens with zero attached hydrogens (tertiary/aromatic N) is 1. The fraction of sp³-hybridized carbons (Fsp3) is 0.406. The smallest absolute Gasteiger partial charge is 0.250 e. The number of aliphatic hydroxyl groups excluding tert-OH is 1. The van der Waals surface area contributed by atoms with E-state index in [1.807, 2.05) is 79.7 Å². The zero-order valence-electron chi connectivity index (χ0n) is 22.6. The van der Waals surface area contributed by atoms with Crippen LogP contribution in [0.1, 0.15) is 31.7 Å². The number of hydrogen-bond acceptors (Lipinski definition) is 5. The summed E-state index contributed by atoms with van der Waals surface area (Å²) in [5, 5.41) is 18.6. The second-order valence-corrected chi connectivity index (χ2v) is 11.2. The van der Waals surface area contributed by atoms with Crippen molar-refractivity contribution in [2.24, 2.45) is 11.8 Å². The van der Waals surface area contributed by atoms with Gasteiger partial charge in [-0.2, -0.15) is 0 Å². The molecule has 2 bridgehead atoms.